The number of carbonyl (C=O) groups excluding carboxylic acids is 1. The molecule has 0 aliphatic heterocycles. The van der Waals surface area contributed by atoms with E-state index < -0.39 is 11.9 Å². The van der Waals surface area contributed by atoms with E-state index in [1.54, 1.807) is 12.1 Å². The Morgan fingerprint density at radius 1 is 0.870 bits per heavy atom. The van der Waals surface area contributed by atoms with Gasteiger partial charge in [0.15, 0.2) is 5.78 Å². The van der Waals surface area contributed by atoms with E-state index in [4.69, 9.17) is 15.9 Å². The lowest BCUT2D eigenvalue weighted by molar-refractivity contribution is 0.0696. The van der Waals surface area contributed by atoms with Crippen molar-refractivity contribution >= 4 is 17.7 Å². The highest BCUT2D eigenvalue weighted by Gasteiger charge is 2.13. The topological polar surface area (TPSA) is 118 Å². The molecule has 120 valence electrons. The van der Waals surface area contributed by atoms with Crippen LogP contribution in [-0.2, 0) is 0 Å². The molecule has 2 aromatic rings. The first kappa shape index (κ1) is 18.1. The van der Waals surface area contributed by atoms with Crippen LogP contribution in [0.1, 0.15) is 36.6 Å². The van der Waals surface area contributed by atoms with E-state index in [-0.39, 0.29) is 29.0 Å². The van der Waals surface area contributed by atoms with Crippen LogP contribution >= 0.6 is 0 Å². The Hall–Kier alpha value is -2.99. The predicted molar refractivity (Wildman–Crippen MR) is 84.9 cm³/mol. The molecular weight excluding hydrogens is 298 g/mol. The van der Waals surface area contributed by atoms with Crippen molar-refractivity contribution in [2.24, 2.45) is 5.73 Å². The van der Waals surface area contributed by atoms with E-state index in [1.165, 1.54) is 25.1 Å². The molecule has 0 saturated heterocycles. The molecule has 2 aromatic carbocycles. The molecule has 0 saturated carbocycles. The number of ketones is 1. The Morgan fingerprint density at radius 2 is 1.35 bits per heavy atom. The molecule has 0 unspecified atom stereocenters. The van der Waals surface area contributed by atoms with Crippen molar-refractivity contribution in [2.45, 2.75) is 6.92 Å². The Labute approximate surface area is 133 Å². The monoisotopic (exact) mass is 315 g/mol. The fraction of sp³-hybridized carbons (Fsp3) is 0.118. The van der Waals surface area contributed by atoms with Gasteiger partial charge in [-0.05, 0) is 24.6 Å². The largest absolute Gasteiger partial charge is 0.478 e. The van der Waals surface area contributed by atoms with Crippen molar-refractivity contribution in [3.63, 3.8) is 0 Å². The normalized spacial score (nSPS) is 9.48. The molecule has 0 aliphatic carbocycles. The summed E-state index contributed by atoms with van der Waals surface area (Å²) in [7, 11) is 0. The van der Waals surface area contributed by atoms with E-state index >= 15 is 0 Å². The lowest BCUT2D eigenvalue weighted by Crippen LogP contribution is -2.12. The van der Waals surface area contributed by atoms with E-state index in [9.17, 15) is 14.4 Å². The van der Waals surface area contributed by atoms with Crippen molar-refractivity contribution in [3.05, 3.63) is 70.8 Å². The van der Waals surface area contributed by atoms with Crippen molar-refractivity contribution in [2.75, 3.05) is 6.54 Å². The Balaban J connectivity index is 0.000000238. The maximum Gasteiger partial charge on any atom is 0.335 e. The van der Waals surface area contributed by atoms with Crippen LogP contribution in [-0.4, -0.2) is 34.5 Å². The smallest absolute Gasteiger partial charge is 0.335 e. The summed E-state index contributed by atoms with van der Waals surface area (Å²) in [5.74, 6) is -2.23. The number of nitrogens with two attached hydrogens (primary N) is 1. The molecule has 0 aromatic heterocycles. The third kappa shape index (κ3) is 5.05. The zero-order chi connectivity index (χ0) is 17.4. The number of aromatic carboxylic acids is 2. The van der Waals surface area contributed by atoms with Crippen LogP contribution < -0.4 is 5.73 Å². The molecule has 0 atom stereocenters. The highest BCUT2D eigenvalue weighted by Crippen LogP contribution is 2.13. The standard InChI is InChI=1S/C9H8O4.C8H9NO/c1-5-6(8(10)11)3-2-4-7(5)9(12)13;9-6-8(10)7-4-2-1-3-5-7/h2-4H,1H3,(H,10,11)(H,12,13);1-5H,6,9H2. The first-order valence-electron chi connectivity index (χ1n) is 6.73. The van der Waals surface area contributed by atoms with Crippen LogP contribution in [0.25, 0.3) is 0 Å². The first-order chi connectivity index (χ1) is 10.9. The first-order valence-corrected chi connectivity index (χ1v) is 6.73. The maximum atomic E-state index is 10.9. The number of carboxylic acids is 2. The second kappa shape index (κ2) is 8.45. The Bertz CT molecular complexity index is 678. The second-order valence-corrected chi connectivity index (χ2v) is 4.58. The van der Waals surface area contributed by atoms with Crippen LogP contribution in [0.5, 0.6) is 0 Å². The summed E-state index contributed by atoms with van der Waals surface area (Å²) in [6.45, 7) is 1.57. The van der Waals surface area contributed by atoms with Crippen molar-refractivity contribution in [3.8, 4) is 0 Å². The summed E-state index contributed by atoms with van der Waals surface area (Å²) < 4.78 is 0. The summed E-state index contributed by atoms with van der Waals surface area (Å²) in [5.41, 5.74) is 6.18. The number of benzene rings is 2. The van der Waals surface area contributed by atoms with Crippen LogP contribution in [0.15, 0.2) is 48.5 Å². The maximum absolute atomic E-state index is 10.9. The lowest BCUT2D eigenvalue weighted by atomic mass is 10.0. The quantitative estimate of drug-likeness (QED) is 0.745. The highest BCUT2D eigenvalue weighted by molar-refractivity contribution is 5.97. The van der Waals surface area contributed by atoms with Gasteiger partial charge in [0.1, 0.15) is 0 Å². The van der Waals surface area contributed by atoms with Crippen molar-refractivity contribution < 1.29 is 24.6 Å². The van der Waals surface area contributed by atoms with Gasteiger partial charge in [-0.15, -0.1) is 0 Å². The average molecular weight is 315 g/mol. The molecule has 0 spiro atoms. The fourth-order valence-electron chi connectivity index (χ4n) is 1.84. The number of carbonyl (C=O) groups is 3. The van der Waals surface area contributed by atoms with Gasteiger partial charge < -0.3 is 15.9 Å². The van der Waals surface area contributed by atoms with Crippen molar-refractivity contribution in [1.29, 1.82) is 0 Å². The Kier molecular flexibility index (Phi) is 6.64. The molecule has 0 fully saturated rings. The second-order valence-electron chi connectivity index (χ2n) is 4.58. The molecule has 0 bridgehead atoms. The molecule has 0 heterocycles. The van der Waals surface area contributed by atoms with Crippen LogP contribution in [0, 0.1) is 6.92 Å². The summed E-state index contributed by atoms with van der Waals surface area (Å²) in [6.07, 6.45) is 0. The molecule has 0 amide bonds. The summed E-state index contributed by atoms with van der Waals surface area (Å²) in [4.78, 5) is 32.1. The molecule has 23 heavy (non-hydrogen) atoms. The van der Waals surface area contributed by atoms with Crippen LogP contribution in [0.3, 0.4) is 0 Å². The van der Waals surface area contributed by atoms with Gasteiger partial charge in [-0.1, -0.05) is 36.4 Å². The molecule has 0 radical (unpaired) electrons. The van der Waals surface area contributed by atoms with Gasteiger partial charge in [0.05, 0.1) is 17.7 Å². The number of carboxylic acid groups (broad SMARTS) is 2. The van der Waals surface area contributed by atoms with Gasteiger partial charge in [0.25, 0.3) is 0 Å². The Morgan fingerprint density at radius 3 is 1.74 bits per heavy atom. The van der Waals surface area contributed by atoms with Gasteiger partial charge >= 0.3 is 11.9 Å². The van der Waals surface area contributed by atoms with Gasteiger partial charge in [-0.3, -0.25) is 4.79 Å². The molecule has 2 rings (SSSR count). The summed E-state index contributed by atoms with van der Waals surface area (Å²) >= 11 is 0. The molecule has 6 heteroatoms. The molecular formula is C17H17NO5. The minimum absolute atomic E-state index is 0.0133. The van der Waals surface area contributed by atoms with Gasteiger partial charge in [0, 0.05) is 5.56 Å². The third-order valence-corrected chi connectivity index (χ3v) is 3.08. The number of hydrogen-bond acceptors (Lipinski definition) is 4. The number of rotatable bonds is 4. The van der Waals surface area contributed by atoms with Gasteiger partial charge in [-0.25, -0.2) is 9.59 Å². The number of Topliss-reactive ketones (excluding diaryl/α,β-unsaturated/α-hetero) is 1. The SMILES string of the molecule is Cc1c(C(=O)O)cccc1C(=O)O.NCC(=O)c1ccccc1. The van der Waals surface area contributed by atoms with Gasteiger partial charge in [0.2, 0.25) is 0 Å². The lowest BCUT2D eigenvalue weighted by Gasteiger charge is -2.03. The zero-order valence-corrected chi connectivity index (χ0v) is 12.5. The minimum atomic E-state index is -1.11. The fourth-order valence-corrected chi connectivity index (χ4v) is 1.84. The predicted octanol–water partition coefficient (Wildman–Crippen LogP) is 2.22. The molecule has 6 nitrogen and oxygen atoms in total. The number of hydrogen-bond donors (Lipinski definition) is 3. The zero-order valence-electron chi connectivity index (χ0n) is 12.5. The minimum Gasteiger partial charge on any atom is -0.478 e. The van der Waals surface area contributed by atoms with Crippen LogP contribution in [0.4, 0.5) is 0 Å². The van der Waals surface area contributed by atoms with E-state index in [2.05, 4.69) is 0 Å². The van der Waals surface area contributed by atoms with Gasteiger partial charge in [-0.2, -0.15) is 0 Å². The average Bonchev–Trinajstić information content (AvgIpc) is 2.55. The van der Waals surface area contributed by atoms with Crippen molar-refractivity contribution in [1.82, 2.24) is 0 Å². The van der Waals surface area contributed by atoms with Crippen LogP contribution in [0.2, 0.25) is 0 Å². The summed E-state index contributed by atoms with van der Waals surface area (Å²) in [6, 6.07) is 13.2. The molecule has 4 N–H and O–H groups in total. The van der Waals surface area contributed by atoms with E-state index in [0.717, 1.165) is 0 Å². The third-order valence-electron chi connectivity index (χ3n) is 3.08. The van der Waals surface area contributed by atoms with E-state index in [1.807, 2.05) is 18.2 Å². The van der Waals surface area contributed by atoms with E-state index in [0.29, 0.717) is 5.56 Å². The highest BCUT2D eigenvalue weighted by atomic mass is 16.4. The summed E-state index contributed by atoms with van der Waals surface area (Å²) in [5, 5.41) is 17.4. The molecule has 0 aliphatic rings.